The van der Waals surface area contributed by atoms with Gasteiger partial charge < -0.3 is 4.90 Å². The smallest absolute Gasteiger partial charge is 0.370 e. The van der Waals surface area contributed by atoms with E-state index in [4.69, 9.17) is 5.26 Å². The van der Waals surface area contributed by atoms with Crippen LogP contribution in [0.4, 0.5) is 18.9 Å². The quantitative estimate of drug-likeness (QED) is 0.813. The number of hydrogen-bond donors (Lipinski definition) is 0. The Labute approximate surface area is 119 Å². The number of halogens is 4. The second-order valence-corrected chi connectivity index (χ2v) is 5.14. The first-order valence-corrected chi connectivity index (χ1v) is 6.60. The number of alkyl halides is 3. The Balaban J connectivity index is 3.21. The van der Waals surface area contributed by atoms with Crippen molar-refractivity contribution in [3.8, 4) is 6.07 Å². The summed E-state index contributed by atoms with van der Waals surface area (Å²) in [5.41, 5.74) is -0.575. The van der Waals surface area contributed by atoms with E-state index in [0.717, 1.165) is 6.07 Å². The number of nitrogens with zero attached hydrogens (tertiary/aromatic N) is 2. The van der Waals surface area contributed by atoms with Crippen molar-refractivity contribution in [1.29, 1.82) is 5.26 Å². The molecule has 0 spiro atoms. The van der Waals surface area contributed by atoms with Gasteiger partial charge in [0.25, 0.3) is 0 Å². The van der Waals surface area contributed by atoms with E-state index in [1.165, 1.54) is 6.07 Å². The van der Waals surface area contributed by atoms with Crippen LogP contribution in [0.1, 0.15) is 19.4 Å². The molecule has 1 aromatic rings. The van der Waals surface area contributed by atoms with Crippen molar-refractivity contribution in [3.63, 3.8) is 0 Å². The molecule has 0 aliphatic carbocycles. The van der Waals surface area contributed by atoms with Crippen LogP contribution in [0.25, 0.3) is 0 Å². The molecule has 1 atom stereocenters. The second kappa shape index (κ2) is 6.29. The van der Waals surface area contributed by atoms with Gasteiger partial charge in [0.2, 0.25) is 0 Å². The van der Waals surface area contributed by atoms with Gasteiger partial charge in [-0.3, -0.25) is 0 Å². The van der Waals surface area contributed by atoms with E-state index >= 15 is 0 Å². The lowest BCUT2D eigenvalue weighted by Gasteiger charge is -2.27. The van der Waals surface area contributed by atoms with Crippen LogP contribution in [0.3, 0.4) is 0 Å². The summed E-state index contributed by atoms with van der Waals surface area (Å²) in [6.45, 7) is 4.15. The Morgan fingerprint density at radius 3 is 2.53 bits per heavy atom. The van der Waals surface area contributed by atoms with Gasteiger partial charge in [-0.05, 0) is 32.0 Å². The zero-order chi connectivity index (χ0) is 14.6. The van der Waals surface area contributed by atoms with Gasteiger partial charge in [0.1, 0.15) is 0 Å². The Morgan fingerprint density at radius 2 is 2.05 bits per heavy atom. The molecule has 0 amide bonds. The summed E-state index contributed by atoms with van der Waals surface area (Å²) < 4.78 is 39.5. The monoisotopic (exact) mass is 334 g/mol. The van der Waals surface area contributed by atoms with Crippen molar-refractivity contribution >= 4 is 21.6 Å². The maximum absolute atomic E-state index is 13.0. The molecule has 0 aromatic heterocycles. The summed E-state index contributed by atoms with van der Waals surface area (Å²) in [7, 11) is 0. The van der Waals surface area contributed by atoms with Crippen LogP contribution in [-0.4, -0.2) is 13.1 Å². The van der Waals surface area contributed by atoms with Crippen molar-refractivity contribution in [3.05, 3.63) is 28.2 Å². The van der Waals surface area contributed by atoms with Crippen LogP contribution < -0.4 is 4.90 Å². The lowest BCUT2D eigenvalue weighted by molar-refractivity contribution is -0.137. The summed E-state index contributed by atoms with van der Waals surface area (Å²) in [6.07, 6.45) is -4.41. The topological polar surface area (TPSA) is 27.0 Å². The summed E-state index contributed by atoms with van der Waals surface area (Å²) in [5.74, 6) is -0.329. The fraction of sp³-hybridized carbons (Fsp3) is 0.462. The Bertz CT molecular complexity index is 480. The van der Waals surface area contributed by atoms with Crippen LogP contribution in [0, 0.1) is 17.2 Å². The predicted octanol–water partition coefficient (Wildman–Crippen LogP) is 4.45. The molecule has 1 aromatic carbocycles. The van der Waals surface area contributed by atoms with E-state index in [1.807, 2.05) is 6.07 Å². The maximum Gasteiger partial charge on any atom is 0.418 e. The fourth-order valence-electron chi connectivity index (χ4n) is 1.78. The molecule has 0 radical (unpaired) electrons. The largest absolute Gasteiger partial charge is 0.418 e. The minimum atomic E-state index is -4.41. The molecule has 2 nitrogen and oxygen atoms in total. The Kier molecular flexibility index (Phi) is 5.24. The molecule has 19 heavy (non-hydrogen) atoms. The minimum Gasteiger partial charge on any atom is -0.370 e. The Morgan fingerprint density at radius 1 is 1.42 bits per heavy atom. The average molecular weight is 335 g/mol. The van der Waals surface area contributed by atoms with E-state index < -0.39 is 11.7 Å². The summed E-state index contributed by atoms with van der Waals surface area (Å²) >= 11 is 3.05. The molecule has 0 aliphatic heterocycles. The fourth-order valence-corrected chi connectivity index (χ4v) is 2.14. The predicted molar refractivity (Wildman–Crippen MR) is 71.8 cm³/mol. The van der Waals surface area contributed by atoms with Crippen LogP contribution in [0.5, 0.6) is 0 Å². The number of hydrogen-bond acceptors (Lipinski definition) is 2. The van der Waals surface area contributed by atoms with E-state index in [-0.39, 0.29) is 18.2 Å². The Hall–Kier alpha value is -1.22. The molecule has 0 N–H and O–H groups in total. The molecular formula is C13H14BrF3N2. The lowest BCUT2D eigenvalue weighted by Crippen LogP contribution is -2.29. The normalized spacial score (nSPS) is 12.9. The molecule has 1 unspecified atom stereocenters. The molecule has 1 rings (SSSR count). The number of nitriles is 1. The standard InChI is InChI=1S/C13H14BrF3N2/c1-3-19(8-9(2)7-18)12-5-4-10(14)6-11(12)13(15,16)17/h4-6,9H,3,8H2,1-2H3. The summed E-state index contributed by atoms with van der Waals surface area (Å²) in [5, 5.41) is 8.79. The highest BCUT2D eigenvalue weighted by Crippen LogP contribution is 2.38. The highest BCUT2D eigenvalue weighted by atomic mass is 79.9. The highest BCUT2D eigenvalue weighted by Gasteiger charge is 2.35. The van der Waals surface area contributed by atoms with E-state index in [2.05, 4.69) is 15.9 Å². The van der Waals surface area contributed by atoms with Gasteiger partial charge in [-0.1, -0.05) is 15.9 Å². The first-order valence-electron chi connectivity index (χ1n) is 5.81. The van der Waals surface area contributed by atoms with Crippen molar-refractivity contribution < 1.29 is 13.2 Å². The summed E-state index contributed by atoms with van der Waals surface area (Å²) in [4.78, 5) is 1.57. The molecular weight excluding hydrogens is 321 g/mol. The third kappa shape index (κ3) is 4.13. The number of benzene rings is 1. The SMILES string of the molecule is CCN(CC(C)C#N)c1ccc(Br)cc1C(F)(F)F. The van der Waals surface area contributed by atoms with Crippen LogP contribution in [0.15, 0.2) is 22.7 Å². The van der Waals surface area contributed by atoms with Crippen LogP contribution in [-0.2, 0) is 6.18 Å². The third-order valence-corrected chi connectivity index (χ3v) is 3.19. The zero-order valence-corrected chi connectivity index (χ0v) is 12.2. The van der Waals surface area contributed by atoms with Gasteiger partial charge in [-0.2, -0.15) is 18.4 Å². The third-order valence-electron chi connectivity index (χ3n) is 2.70. The molecule has 104 valence electrons. The minimum absolute atomic E-state index is 0.111. The van der Waals surface area contributed by atoms with Gasteiger partial charge in [0.15, 0.2) is 0 Å². The van der Waals surface area contributed by atoms with E-state index in [9.17, 15) is 13.2 Å². The van der Waals surface area contributed by atoms with Gasteiger partial charge in [0.05, 0.1) is 17.6 Å². The molecule has 0 bridgehead atoms. The molecule has 0 fully saturated rings. The average Bonchev–Trinajstić information content (AvgIpc) is 2.34. The van der Waals surface area contributed by atoms with Crippen molar-refractivity contribution in [2.45, 2.75) is 20.0 Å². The first kappa shape index (κ1) is 15.8. The van der Waals surface area contributed by atoms with Crippen LogP contribution >= 0.6 is 15.9 Å². The van der Waals surface area contributed by atoms with Crippen LogP contribution in [0.2, 0.25) is 0 Å². The maximum atomic E-state index is 13.0. The van der Waals surface area contributed by atoms with E-state index in [1.54, 1.807) is 24.8 Å². The number of anilines is 1. The molecule has 0 saturated heterocycles. The summed E-state index contributed by atoms with van der Waals surface area (Å²) in [6, 6.07) is 6.11. The molecule has 0 saturated carbocycles. The van der Waals surface area contributed by atoms with Gasteiger partial charge in [-0.25, -0.2) is 0 Å². The molecule has 0 aliphatic rings. The highest BCUT2D eigenvalue weighted by molar-refractivity contribution is 9.10. The number of rotatable bonds is 4. The van der Waals surface area contributed by atoms with Gasteiger partial charge >= 0.3 is 6.18 Å². The van der Waals surface area contributed by atoms with Crippen molar-refractivity contribution in [2.24, 2.45) is 5.92 Å². The van der Waals surface area contributed by atoms with Crippen molar-refractivity contribution in [1.82, 2.24) is 0 Å². The second-order valence-electron chi connectivity index (χ2n) is 4.23. The van der Waals surface area contributed by atoms with Crippen molar-refractivity contribution in [2.75, 3.05) is 18.0 Å². The molecule has 0 heterocycles. The molecule has 6 heteroatoms. The van der Waals surface area contributed by atoms with E-state index in [0.29, 0.717) is 11.0 Å². The van der Waals surface area contributed by atoms with Gasteiger partial charge in [-0.15, -0.1) is 0 Å². The van der Waals surface area contributed by atoms with Gasteiger partial charge in [0, 0.05) is 23.2 Å². The lowest BCUT2D eigenvalue weighted by atomic mass is 10.1. The zero-order valence-electron chi connectivity index (χ0n) is 10.6. The first-order chi connectivity index (χ1) is 8.79.